The molecule has 0 amide bonds. The second kappa shape index (κ2) is 6.49. The van der Waals surface area contributed by atoms with E-state index in [1.807, 2.05) is 13.0 Å². The number of thiophene rings is 1. The van der Waals surface area contributed by atoms with Crippen molar-refractivity contribution in [3.05, 3.63) is 31.5 Å². The van der Waals surface area contributed by atoms with E-state index >= 15 is 0 Å². The van der Waals surface area contributed by atoms with Crippen LogP contribution in [-0.2, 0) is 6.54 Å². The van der Waals surface area contributed by atoms with Gasteiger partial charge in [0.25, 0.3) is 0 Å². The summed E-state index contributed by atoms with van der Waals surface area (Å²) in [4.78, 5) is 9.82. The van der Waals surface area contributed by atoms with Crippen molar-refractivity contribution in [1.29, 1.82) is 0 Å². The Hall–Kier alpha value is -0.660. The van der Waals surface area contributed by atoms with Crippen molar-refractivity contribution in [2.24, 2.45) is 0 Å². The van der Waals surface area contributed by atoms with E-state index in [0.29, 0.717) is 5.95 Å². The van der Waals surface area contributed by atoms with Gasteiger partial charge in [0.15, 0.2) is 0 Å². The third-order valence-electron chi connectivity index (χ3n) is 2.14. The fourth-order valence-electron chi connectivity index (χ4n) is 1.35. The molecule has 2 aromatic rings. The predicted octanol–water partition coefficient (Wildman–Crippen LogP) is 4.11. The second-order valence-electron chi connectivity index (χ2n) is 3.48. The topological polar surface area (TPSA) is 49.8 Å². The van der Waals surface area contributed by atoms with Gasteiger partial charge < -0.3 is 10.6 Å². The molecule has 18 heavy (non-hydrogen) atoms. The summed E-state index contributed by atoms with van der Waals surface area (Å²) in [5.41, 5.74) is 0. The van der Waals surface area contributed by atoms with Crippen molar-refractivity contribution in [1.82, 2.24) is 9.97 Å². The van der Waals surface area contributed by atoms with E-state index in [9.17, 15) is 0 Å². The molecule has 2 heterocycles. The number of anilines is 2. The molecule has 0 aliphatic carbocycles. The van der Waals surface area contributed by atoms with Gasteiger partial charge in [0.1, 0.15) is 5.82 Å². The van der Waals surface area contributed by atoms with Gasteiger partial charge in [-0.25, -0.2) is 4.98 Å². The number of hydrogen-bond donors (Lipinski definition) is 2. The molecule has 0 saturated heterocycles. The van der Waals surface area contributed by atoms with Gasteiger partial charge >= 0.3 is 0 Å². The van der Waals surface area contributed by atoms with Crippen molar-refractivity contribution in [2.45, 2.75) is 13.5 Å². The van der Waals surface area contributed by atoms with Gasteiger partial charge in [-0.2, -0.15) is 4.98 Å². The van der Waals surface area contributed by atoms with Gasteiger partial charge in [0.2, 0.25) is 5.95 Å². The summed E-state index contributed by atoms with van der Waals surface area (Å²) < 4.78 is 1.99. The Morgan fingerprint density at radius 3 is 2.78 bits per heavy atom. The molecule has 2 rings (SSSR count). The van der Waals surface area contributed by atoms with E-state index in [4.69, 9.17) is 0 Å². The summed E-state index contributed by atoms with van der Waals surface area (Å²) in [6.45, 7) is 3.57. The van der Waals surface area contributed by atoms with E-state index in [2.05, 4.69) is 58.5 Å². The van der Waals surface area contributed by atoms with Gasteiger partial charge in [-0.3, -0.25) is 0 Å². The fraction of sp³-hybridized carbons (Fsp3) is 0.273. The van der Waals surface area contributed by atoms with Gasteiger partial charge in [-0.1, -0.05) is 0 Å². The van der Waals surface area contributed by atoms with E-state index in [-0.39, 0.29) is 0 Å². The average molecular weight is 392 g/mol. The standard InChI is InChI=1S/C11H12Br2N4S/c1-2-14-11-16-6-8(12)10(17-11)15-5-7-3-4-9(13)18-7/h3-4,6H,2,5H2,1H3,(H2,14,15,16,17). The van der Waals surface area contributed by atoms with Crippen molar-refractivity contribution >= 4 is 55.0 Å². The number of nitrogens with one attached hydrogen (secondary N) is 2. The quantitative estimate of drug-likeness (QED) is 0.805. The fourth-order valence-corrected chi connectivity index (χ4v) is 3.11. The van der Waals surface area contributed by atoms with Gasteiger partial charge in [0, 0.05) is 17.6 Å². The maximum absolute atomic E-state index is 4.40. The van der Waals surface area contributed by atoms with Gasteiger partial charge in [-0.15, -0.1) is 11.3 Å². The predicted molar refractivity (Wildman–Crippen MR) is 83.2 cm³/mol. The van der Waals surface area contributed by atoms with E-state index in [0.717, 1.165) is 27.2 Å². The van der Waals surface area contributed by atoms with Crippen molar-refractivity contribution < 1.29 is 0 Å². The molecule has 0 unspecified atom stereocenters. The molecule has 0 atom stereocenters. The lowest BCUT2D eigenvalue weighted by Crippen LogP contribution is -2.06. The highest BCUT2D eigenvalue weighted by Gasteiger charge is 2.05. The first-order valence-electron chi connectivity index (χ1n) is 5.43. The molecule has 0 spiro atoms. The molecule has 2 N–H and O–H groups in total. The molecule has 0 bridgehead atoms. The van der Waals surface area contributed by atoms with Crippen molar-refractivity contribution in [2.75, 3.05) is 17.2 Å². The lowest BCUT2D eigenvalue weighted by atomic mass is 10.4. The molecule has 0 aromatic carbocycles. The first kappa shape index (κ1) is 13.8. The highest BCUT2D eigenvalue weighted by atomic mass is 79.9. The van der Waals surface area contributed by atoms with Crippen LogP contribution in [-0.4, -0.2) is 16.5 Å². The van der Waals surface area contributed by atoms with Crippen LogP contribution in [0.2, 0.25) is 0 Å². The molecule has 7 heteroatoms. The van der Waals surface area contributed by atoms with Gasteiger partial charge in [-0.05, 0) is 50.9 Å². The first-order valence-corrected chi connectivity index (χ1v) is 7.83. The zero-order valence-corrected chi connectivity index (χ0v) is 13.7. The number of nitrogens with zero attached hydrogens (tertiary/aromatic N) is 2. The van der Waals surface area contributed by atoms with E-state index in [1.54, 1.807) is 17.5 Å². The number of halogens is 2. The highest BCUT2D eigenvalue weighted by Crippen LogP contribution is 2.25. The summed E-state index contributed by atoms with van der Waals surface area (Å²) in [7, 11) is 0. The Balaban J connectivity index is 2.05. The third kappa shape index (κ3) is 3.66. The molecule has 0 fully saturated rings. The molecule has 4 nitrogen and oxygen atoms in total. The minimum Gasteiger partial charge on any atom is -0.364 e. The SMILES string of the molecule is CCNc1ncc(Br)c(NCc2ccc(Br)s2)n1. The van der Waals surface area contributed by atoms with E-state index in [1.165, 1.54) is 4.88 Å². The Bertz CT molecular complexity index is 530. The summed E-state index contributed by atoms with van der Waals surface area (Å²) in [6, 6.07) is 4.13. The largest absolute Gasteiger partial charge is 0.364 e. The highest BCUT2D eigenvalue weighted by molar-refractivity contribution is 9.11. The van der Waals surface area contributed by atoms with Crippen LogP contribution in [0.25, 0.3) is 0 Å². The zero-order valence-electron chi connectivity index (χ0n) is 9.70. The van der Waals surface area contributed by atoms with Crippen LogP contribution in [0.15, 0.2) is 26.6 Å². The van der Waals surface area contributed by atoms with Crippen LogP contribution < -0.4 is 10.6 Å². The van der Waals surface area contributed by atoms with Crippen LogP contribution in [0, 0.1) is 0 Å². The Morgan fingerprint density at radius 1 is 1.28 bits per heavy atom. The summed E-state index contributed by atoms with van der Waals surface area (Å²) in [5, 5.41) is 6.38. The minimum atomic E-state index is 0.635. The van der Waals surface area contributed by atoms with E-state index < -0.39 is 0 Å². The Kier molecular flexibility index (Phi) is 4.96. The lowest BCUT2D eigenvalue weighted by molar-refractivity contribution is 1.05. The molecule has 0 aliphatic rings. The average Bonchev–Trinajstić information content (AvgIpc) is 2.76. The normalized spacial score (nSPS) is 10.4. The molecular weight excluding hydrogens is 380 g/mol. The number of aromatic nitrogens is 2. The van der Waals surface area contributed by atoms with Crippen LogP contribution in [0.1, 0.15) is 11.8 Å². The third-order valence-corrected chi connectivity index (χ3v) is 4.34. The first-order chi connectivity index (χ1) is 8.69. The zero-order chi connectivity index (χ0) is 13.0. The summed E-state index contributed by atoms with van der Waals surface area (Å²) >= 11 is 8.60. The Morgan fingerprint density at radius 2 is 2.11 bits per heavy atom. The van der Waals surface area contributed by atoms with Crippen LogP contribution in [0.4, 0.5) is 11.8 Å². The summed E-state index contributed by atoms with van der Waals surface area (Å²) in [5.74, 6) is 1.43. The van der Waals surface area contributed by atoms with Crippen LogP contribution in [0.3, 0.4) is 0 Å². The lowest BCUT2D eigenvalue weighted by Gasteiger charge is -2.08. The monoisotopic (exact) mass is 390 g/mol. The van der Waals surface area contributed by atoms with Crippen molar-refractivity contribution in [3.63, 3.8) is 0 Å². The van der Waals surface area contributed by atoms with Crippen molar-refractivity contribution in [3.8, 4) is 0 Å². The molecular formula is C11H12Br2N4S. The van der Waals surface area contributed by atoms with Gasteiger partial charge in [0.05, 0.1) is 14.8 Å². The molecule has 2 aromatic heterocycles. The maximum Gasteiger partial charge on any atom is 0.224 e. The van der Waals surface area contributed by atoms with Crippen LogP contribution >= 0.6 is 43.2 Å². The summed E-state index contributed by atoms with van der Waals surface area (Å²) in [6.07, 6.45) is 1.75. The molecule has 0 aliphatic heterocycles. The molecule has 96 valence electrons. The smallest absolute Gasteiger partial charge is 0.224 e. The maximum atomic E-state index is 4.40. The Labute approximate surface area is 126 Å². The molecule has 0 saturated carbocycles. The molecule has 0 radical (unpaired) electrons. The van der Waals surface area contributed by atoms with Crippen LogP contribution in [0.5, 0.6) is 0 Å². The minimum absolute atomic E-state index is 0.635. The second-order valence-corrected chi connectivity index (χ2v) is 6.88. The number of rotatable bonds is 5. The number of hydrogen-bond acceptors (Lipinski definition) is 5.